The molecule has 1 aliphatic rings. The van der Waals surface area contributed by atoms with Gasteiger partial charge in [0.15, 0.2) is 0 Å². The van der Waals surface area contributed by atoms with Gasteiger partial charge in [0.05, 0.1) is 20.1 Å². The first-order valence-electron chi connectivity index (χ1n) is 4.90. The van der Waals surface area contributed by atoms with Crippen LogP contribution in [0.2, 0.25) is 10.0 Å². The molecule has 0 aromatic heterocycles. The summed E-state index contributed by atoms with van der Waals surface area (Å²) in [6.45, 7) is 0. The van der Waals surface area contributed by atoms with Gasteiger partial charge in [0.2, 0.25) is 0 Å². The summed E-state index contributed by atoms with van der Waals surface area (Å²) < 4.78 is -1.17. The second-order valence-corrected chi connectivity index (χ2v) is 6.91. The van der Waals surface area contributed by atoms with Crippen LogP contribution in [0.3, 0.4) is 0 Å². The highest BCUT2D eigenvalue weighted by Gasteiger charge is 2.36. The molecule has 18 heavy (non-hydrogen) atoms. The normalized spacial score (nSPS) is 22.4. The third kappa shape index (κ3) is 2.95. The van der Waals surface area contributed by atoms with E-state index in [2.05, 4.69) is 0 Å². The van der Waals surface area contributed by atoms with Crippen molar-refractivity contribution in [2.45, 2.75) is 10.3 Å². The lowest BCUT2D eigenvalue weighted by Gasteiger charge is -2.29. The molecule has 1 aromatic carbocycles. The number of rotatable bonds is 1. The zero-order valence-corrected chi connectivity index (χ0v) is 13.3. The van der Waals surface area contributed by atoms with Gasteiger partial charge >= 0.3 is 0 Å². The third-order valence-corrected chi connectivity index (χ3v) is 4.74. The summed E-state index contributed by atoms with van der Waals surface area (Å²) in [5.41, 5.74) is 0.813. The maximum Gasteiger partial charge on any atom is 0.148 e. The molecule has 0 saturated heterocycles. The van der Waals surface area contributed by atoms with Crippen LogP contribution in [0.5, 0.6) is 0 Å². The fourth-order valence-corrected chi connectivity index (χ4v) is 3.12. The van der Waals surface area contributed by atoms with E-state index in [0.717, 1.165) is 5.56 Å². The topological polar surface area (TPSA) is 0 Å². The molecule has 1 aliphatic carbocycles. The van der Waals surface area contributed by atoms with Crippen LogP contribution in [0.25, 0.3) is 0 Å². The molecule has 0 nitrogen and oxygen atoms in total. The Labute approximate surface area is 135 Å². The summed E-state index contributed by atoms with van der Waals surface area (Å²) in [5.74, 6) is -0.342. The number of halogens is 6. The maximum absolute atomic E-state index is 6.25. The number of alkyl halides is 2. The van der Waals surface area contributed by atoms with E-state index in [0.29, 0.717) is 20.1 Å². The Bertz CT molecular complexity index is 543. The predicted molar refractivity (Wildman–Crippen MR) is 81.5 cm³/mol. The lowest BCUT2D eigenvalue weighted by molar-refractivity contribution is 0.798. The molecular formula is C12H6Cl6. The van der Waals surface area contributed by atoms with E-state index in [1.54, 1.807) is 24.3 Å². The minimum Gasteiger partial charge on any atom is -0.0959 e. The zero-order valence-electron chi connectivity index (χ0n) is 8.73. The van der Waals surface area contributed by atoms with Crippen molar-refractivity contribution in [2.75, 3.05) is 0 Å². The quantitative estimate of drug-likeness (QED) is 0.499. The van der Waals surface area contributed by atoms with Gasteiger partial charge < -0.3 is 0 Å². The molecule has 0 aliphatic heterocycles. The Morgan fingerprint density at radius 1 is 0.889 bits per heavy atom. The first-order valence-corrected chi connectivity index (χ1v) is 7.17. The fraction of sp³-hybridized carbons (Fsp3) is 0.167. The van der Waals surface area contributed by atoms with E-state index in [1.807, 2.05) is 0 Å². The molecule has 1 atom stereocenters. The van der Waals surface area contributed by atoms with Crippen LogP contribution >= 0.6 is 69.6 Å². The Hall–Kier alpha value is 0.440. The highest BCUT2D eigenvalue weighted by atomic mass is 35.5. The molecule has 6 heteroatoms. The van der Waals surface area contributed by atoms with Crippen molar-refractivity contribution < 1.29 is 0 Å². The molecule has 2 rings (SSSR count). The SMILES string of the molecule is ClC1=CC(c2ccc(Cl)c(Cl)c2)C(Cl)(Cl)C=C1Cl. The van der Waals surface area contributed by atoms with E-state index in [1.165, 1.54) is 6.08 Å². The van der Waals surface area contributed by atoms with Crippen molar-refractivity contribution in [1.82, 2.24) is 0 Å². The molecule has 0 amide bonds. The van der Waals surface area contributed by atoms with Gasteiger partial charge in [-0.25, -0.2) is 0 Å². The minimum atomic E-state index is -1.17. The van der Waals surface area contributed by atoms with E-state index in [4.69, 9.17) is 69.6 Å². The van der Waals surface area contributed by atoms with Crippen molar-refractivity contribution >= 4 is 69.6 Å². The van der Waals surface area contributed by atoms with Gasteiger partial charge in [-0.3, -0.25) is 0 Å². The van der Waals surface area contributed by atoms with E-state index in [-0.39, 0.29) is 5.92 Å². The average Bonchev–Trinajstić information content (AvgIpc) is 2.27. The first-order chi connectivity index (χ1) is 8.31. The van der Waals surface area contributed by atoms with E-state index >= 15 is 0 Å². The largest absolute Gasteiger partial charge is 0.148 e. The Morgan fingerprint density at radius 2 is 1.56 bits per heavy atom. The summed E-state index contributed by atoms with van der Waals surface area (Å²) in [5, 5.41) is 1.64. The molecule has 1 aromatic rings. The molecule has 0 heterocycles. The van der Waals surface area contributed by atoms with E-state index in [9.17, 15) is 0 Å². The summed E-state index contributed by atoms with van der Waals surface area (Å²) in [4.78, 5) is 0. The average molecular weight is 363 g/mol. The fourth-order valence-electron chi connectivity index (χ4n) is 1.69. The summed E-state index contributed by atoms with van der Waals surface area (Å²) in [6.07, 6.45) is 3.20. The van der Waals surface area contributed by atoms with Crippen molar-refractivity contribution in [1.29, 1.82) is 0 Å². The van der Waals surface area contributed by atoms with Gasteiger partial charge in [-0.15, -0.1) is 0 Å². The third-order valence-electron chi connectivity index (χ3n) is 2.58. The minimum absolute atomic E-state index is 0.331. The van der Waals surface area contributed by atoms with Crippen molar-refractivity contribution in [3.8, 4) is 0 Å². The Morgan fingerprint density at radius 3 is 2.17 bits per heavy atom. The van der Waals surface area contributed by atoms with Crippen molar-refractivity contribution in [2.24, 2.45) is 0 Å². The highest BCUT2D eigenvalue weighted by Crippen LogP contribution is 2.47. The van der Waals surface area contributed by atoms with Crippen LogP contribution in [0, 0.1) is 0 Å². The number of hydrogen-bond donors (Lipinski definition) is 0. The summed E-state index contributed by atoms with van der Waals surface area (Å²) >= 11 is 36.2. The first kappa shape index (κ1) is 14.8. The molecule has 96 valence electrons. The molecular weight excluding hydrogens is 357 g/mol. The Balaban J connectivity index is 2.47. The van der Waals surface area contributed by atoms with Crippen LogP contribution in [0.15, 0.2) is 40.4 Å². The molecule has 0 fully saturated rings. The monoisotopic (exact) mass is 360 g/mol. The molecule has 0 radical (unpaired) electrons. The van der Waals surface area contributed by atoms with Crippen molar-refractivity contribution in [3.63, 3.8) is 0 Å². The molecule has 1 unspecified atom stereocenters. The Kier molecular flexibility index (Phi) is 4.48. The van der Waals surface area contributed by atoms with Crippen LogP contribution in [0.4, 0.5) is 0 Å². The summed E-state index contributed by atoms with van der Waals surface area (Å²) in [7, 11) is 0. The van der Waals surface area contributed by atoms with Gasteiger partial charge in [-0.05, 0) is 23.8 Å². The van der Waals surface area contributed by atoms with Gasteiger partial charge in [0.25, 0.3) is 0 Å². The molecule has 0 saturated carbocycles. The van der Waals surface area contributed by atoms with Crippen LogP contribution in [-0.4, -0.2) is 4.33 Å². The lowest BCUT2D eigenvalue weighted by atomic mass is 9.91. The number of hydrogen-bond acceptors (Lipinski definition) is 0. The standard InChI is InChI=1S/C12H6Cl6/c13-8-2-1-6(3-9(8)14)7-4-10(15)11(16)5-12(7,17)18/h1-5,7H. The van der Waals surface area contributed by atoms with Gasteiger partial charge in [0, 0.05) is 5.92 Å². The van der Waals surface area contributed by atoms with Crippen LogP contribution in [0.1, 0.15) is 11.5 Å². The highest BCUT2D eigenvalue weighted by molar-refractivity contribution is 6.53. The molecule has 0 bridgehead atoms. The second-order valence-electron chi connectivity index (χ2n) is 3.83. The zero-order chi connectivity index (χ0) is 13.5. The van der Waals surface area contributed by atoms with Crippen LogP contribution < -0.4 is 0 Å². The maximum atomic E-state index is 6.25. The van der Waals surface area contributed by atoms with Crippen molar-refractivity contribution in [3.05, 3.63) is 56.0 Å². The number of allylic oxidation sites excluding steroid dienone is 4. The predicted octanol–water partition coefficient (Wildman–Crippen LogP) is 6.51. The lowest BCUT2D eigenvalue weighted by Crippen LogP contribution is -2.23. The molecule has 0 spiro atoms. The van der Waals surface area contributed by atoms with Gasteiger partial charge in [0.1, 0.15) is 4.33 Å². The number of benzene rings is 1. The van der Waals surface area contributed by atoms with Gasteiger partial charge in [-0.1, -0.05) is 81.7 Å². The molecule has 0 N–H and O–H groups in total. The van der Waals surface area contributed by atoms with Crippen LogP contribution in [-0.2, 0) is 0 Å². The van der Waals surface area contributed by atoms with E-state index < -0.39 is 4.33 Å². The smallest absolute Gasteiger partial charge is 0.0959 e. The second kappa shape index (κ2) is 5.44. The summed E-state index contributed by atoms with van der Waals surface area (Å²) in [6, 6.07) is 5.19. The van der Waals surface area contributed by atoms with Gasteiger partial charge in [-0.2, -0.15) is 0 Å².